The van der Waals surface area contributed by atoms with Crippen LogP contribution in [-0.2, 0) is 4.74 Å². The van der Waals surface area contributed by atoms with Gasteiger partial charge in [-0.1, -0.05) is 27.2 Å². The Morgan fingerprint density at radius 1 is 1.28 bits per heavy atom. The number of ether oxygens (including phenoxy) is 1. The lowest BCUT2D eigenvalue weighted by atomic mass is 9.84. The van der Waals surface area contributed by atoms with Crippen molar-refractivity contribution in [2.45, 2.75) is 78.4 Å². The van der Waals surface area contributed by atoms with Gasteiger partial charge in [0.05, 0.1) is 6.10 Å². The van der Waals surface area contributed by atoms with Crippen molar-refractivity contribution in [2.24, 2.45) is 11.8 Å². The molecule has 1 N–H and O–H groups in total. The molecule has 108 valence electrons. The molecule has 1 saturated heterocycles. The van der Waals surface area contributed by atoms with Gasteiger partial charge in [-0.15, -0.1) is 0 Å². The number of nitrogens with one attached hydrogen (secondary N) is 1. The monoisotopic (exact) mass is 255 g/mol. The van der Waals surface area contributed by atoms with Crippen molar-refractivity contribution < 1.29 is 4.74 Å². The molecular formula is C16H33NO. The molecule has 0 aromatic rings. The third-order valence-corrected chi connectivity index (χ3v) is 4.30. The Balaban J connectivity index is 2.23. The molecule has 0 bridgehead atoms. The van der Waals surface area contributed by atoms with Crippen molar-refractivity contribution in [3.63, 3.8) is 0 Å². The molecule has 0 aromatic heterocycles. The molecule has 0 radical (unpaired) electrons. The summed E-state index contributed by atoms with van der Waals surface area (Å²) in [6.07, 6.45) is 8.29. The topological polar surface area (TPSA) is 21.3 Å². The zero-order valence-corrected chi connectivity index (χ0v) is 12.9. The highest BCUT2D eigenvalue weighted by atomic mass is 16.5. The summed E-state index contributed by atoms with van der Waals surface area (Å²) < 4.78 is 5.70. The first-order valence-corrected chi connectivity index (χ1v) is 8.00. The van der Waals surface area contributed by atoms with Gasteiger partial charge in [-0.2, -0.15) is 0 Å². The third-order valence-electron chi connectivity index (χ3n) is 4.30. The first kappa shape index (κ1) is 16.0. The normalized spacial score (nSPS) is 23.5. The van der Waals surface area contributed by atoms with E-state index >= 15 is 0 Å². The molecule has 1 heterocycles. The Morgan fingerprint density at radius 2 is 2.06 bits per heavy atom. The first-order chi connectivity index (χ1) is 8.65. The van der Waals surface area contributed by atoms with Crippen LogP contribution in [0.4, 0.5) is 0 Å². The highest BCUT2D eigenvalue weighted by Gasteiger charge is 2.21. The Kier molecular flexibility index (Phi) is 7.92. The fourth-order valence-corrected chi connectivity index (χ4v) is 3.14. The van der Waals surface area contributed by atoms with Crippen LogP contribution in [0.1, 0.15) is 66.2 Å². The molecule has 0 amide bonds. The van der Waals surface area contributed by atoms with Gasteiger partial charge in [0, 0.05) is 12.6 Å². The molecule has 1 aliphatic rings. The van der Waals surface area contributed by atoms with Gasteiger partial charge in [-0.3, -0.25) is 0 Å². The molecule has 3 atom stereocenters. The average molecular weight is 255 g/mol. The van der Waals surface area contributed by atoms with Crippen molar-refractivity contribution in [3.8, 4) is 0 Å². The van der Waals surface area contributed by atoms with Crippen molar-refractivity contribution in [3.05, 3.63) is 0 Å². The Labute approximate surface area is 114 Å². The van der Waals surface area contributed by atoms with E-state index < -0.39 is 0 Å². The van der Waals surface area contributed by atoms with Gasteiger partial charge in [0.1, 0.15) is 0 Å². The molecule has 0 saturated carbocycles. The third kappa shape index (κ3) is 5.71. The highest BCUT2D eigenvalue weighted by Crippen LogP contribution is 2.25. The van der Waals surface area contributed by atoms with Crippen LogP contribution in [0.25, 0.3) is 0 Å². The minimum Gasteiger partial charge on any atom is -0.378 e. The van der Waals surface area contributed by atoms with E-state index in [0.29, 0.717) is 12.1 Å². The summed E-state index contributed by atoms with van der Waals surface area (Å²) >= 11 is 0. The van der Waals surface area contributed by atoms with Gasteiger partial charge in [-0.05, 0) is 57.4 Å². The maximum Gasteiger partial charge on any atom is 0.0576 e. The molecule has 0 spiro atoms. The fraction of sp³-hybridized carbons (Fsp3) is 1.00. The molecule has 2 nitrogen and oxygen atoms in total. The Hall–Kier alpha value is -0.0800. The van der Waals surface area contributed by atoms with E-state index in [1.165, 1.54) is 38.5 Å². The second kappa shape index (κ2) is 8.92. The summed E-state index contributed by atoms with van der Waals surface area (Å²) in [7, 11) is 0. The van der Waals surface area contributed by atoms with E-state index in [0.717, 1.165) is 25.0 Å². The van der Waals surface area contributed by atoms with E-state index in [4.69, 9.17) is 4.74 Å². The quantitative estimate of drug-likeness (QED) is 0.672. The predicted molar refractivity (Wildman–Crippen MR) is 78.9 cm³/mol. The number of hydrogen-bond donors (Lipinski definition) is 1. The van der Waals surface area contributed by atoms with Gasteiger partial charge >= 0.3 is 0 Å². The van der Waals surface area contributed by atoms with E-state index in [9.17, 15) is 0 Å². The standard InChI is InChI=1S/C16H33NO/c1-5-11-17-14(4)16(13(2)3)10-6-8-15-9-7-12-18-15/h13-17H,5-12H2,1-4H3. The summed E-state index contributed by atoms with van der Waals surface area (Å²) in [6.45, 7) is 11.5. The first-order valence-electron chi connectivity index (χ1n) is 8.00. The van der Waals surface area contributed by atoms with Crippen LogP contribution in [0.15, 0.2) is 0 Å². The van der Waals surface area contributed by atoms with Crippen molar-refractivity contribution >= 4 is 0 Å². The summed E-state index contributed by atoms with van der Waals surface area (Å²) in [5.41, 5.74) is 0. The number of hydrogen-bond acceptors (Lipinski definition) is 2. The predicted octanol–water partition coefficient (Wildman–Crippen LogP) is 4.00. The number of rotatable bonds is 9. The van der Waals surface area contributed by atoms with Crippen molar-refractivity contribution in [2.75, 3.05) is 13.2 Å². The smallest absolute Gasteiger partial charge is 0.0576 e. The van der Waals surface area contributed by atoms with Gasteiger partial charge < -0.3 is 10.1 Å². The minimum atomic E-state index is 0.566. The van der Waals surface area contributed by atoms with E-state index in [2.05, 4.69) is 33.0 Å². The molecule has 0 aliphatic carbocycles. The van der Waals surface area contributed by atoms with Crippen LogP contribution in [0, 0.1) is 11.8 Å². The van der Waals surface area contributed by atoms with Crippen molar-refractivity contribution in [1.29, 1.82) is 0 Å². The van der Waals surface area contributed by atoms with Crippen LogP contribution in [0.2, 0.25) is 0 Å². The second-order valence-electron chi connectivity index (χ2n) is 6.22. The SMILES string of the molecule is CCCNC(C)C(CCCC1CCCO1)C(C)C. The largest absolute Gasteiger partial charge is 0.378 e. The molecule has 1 aliphatic heterocycles. The van der Waals surface area contributed by atoms with Gasteiger partial charge in [-0.25, -0.2) is 0 Å². The summed E-state index contributed by atoms with van der Waals surface area (Å²) in [4.78, 5) is 0. The van der Waals surface area contributed by atoms with E-state index in [1.54, 1.807) is 0 Å². The minimum absolute atomic E-state index is 0.566. The summed E-state index contributed by atoms with van der Waals surface area (Å²) in [5.74, 6) is 1.58. The van der Waals surface area contributed by atoms with E-state index in [1.807, 2.05) is 0 Å². The van der Waals surface area contributed by atoms with Gasteiger partial charge in [0.15, 0.2) is 0 Å². The van der Waals surface area contributed by atoms with Crippen LogP contribution < -0.4 is 5.32 Å². The summed E-state index contributed by atoms with van der Waals surface area (Å²) in [6, 6.07) is 0.648. The molecule has 2 heteroatoms. The fourth-order valence-electron chi connectivity index (χ4n) is 3.14. The second-order valence-corrected chi connectivity index (χ2v) is 6.22. The van der Waals surface area contributed by atoms with Crippen LogP contribution in [0.3, 0.4) is 0 Å². The molecule has 1 rings (SSSR count). The molecule has 3 unspecified atom stereocenters. The Morgan fingerprint density at radius 3 is 2.61 bits per heavy atom. The molecular weight excluding hydrogens is 222 g/mol. The molecule has 18 heavy (non-hydrogen) atoms. The van der Waals surface area contributed by atoms with Crippen molar-refractivity contribution in [1.82, 2.24) is 5.32 Å². The lowest BCUT2D eigenvalue weighted by Crippen LogP contribution is -2.36. The molecule has 0 aromatic carbocycles. The highest BCUT2D eigenvalue weighted by molar-refractivity contribution is 4.76. The lowest BCUT2D eigenvalue weighted by Gasteiger charge is -2.28. The van der Waals surface area contributed by atoms with Gasteiger partial charge in [0.25, 0.3) is 0 Å². The van der Waals surface area contributed by atoms with E-state index in [-0.39, 0.29) is 0 Å². The zero-order valence-electron chi connectivity index (χ0n) is 12.9. The lowest BCUT2D eigenvalue weighted by molar-refractivity contribution is 0.0989. The molecule has 1 fully saturated rings. The van der Waals surface area contributed by atoms with Gasteiger partial charge in [0.2, 0.25) is 0 Å². The maximum atomic E-state index is 5.70. The zero-order chi connectivity index (χ0) is 13.4. The Bertz CT molecular complexity index is 199. The summed E-state index contributed by atoms with van der Waals surface area (Å²) in [5, 5.41) is 3.66. The average Bonchev–Trinajstić information content (AvgIpc) is 2.84. The van der Waals surface area contributed by atoms with Crippen LogP contribution >= 0.6 is 0 Å². The maximum absolute atomic E-state index is 5.70. The van der Waals surface area contributed by atoms with Crippen LogP contribution in [0.5, 0.6) is 0 Å². The van der Waals surface area contributed by atoms with Crippen LogP contribution in [-0.4, -0.2) is 25.3 Å².